The summed E-state index contributed by atoms with van der Waals surface area (Å²) in [5, 5.41) is 12.0. The normalized spacial score (nSPS) is 10.9. The van der Waals surface area contributed by atoms with Crippen LogP contribution < -0.4 is 32.7 Å². The van der Waals surface area contributed by atoms with Crippen molar-refractivity contribution < 1.29 is 19.2 Å². The molecule has 0 radical (unpaired) electrons. The monoisotopic (exact) mass is 610 g/mol. The Bertz CT molecular complexity index is 767. The SMILES string of the molecule is CC(C)CCCC(=O)NCCCN(CCCNC(=O)CCCC(C)C)C(=O)CCC(=O)NCCCNCCCN=C(N)N. The van der Waals surface area contributed by atoms with Gasteiger partial charge in [0.1, 0.15) is 0 Å². The van der Waals surface area contributed by atoms with Gasteiger partial charge in [0.15, 0.2) is 5.96 Å². The molecule has 43 heavy (non-hydrogen) atoms. The Hall–Kier alpha value is -2.89. The molecule has 0 heterocycles. The average Bonchev–Trinajstić information content (AvgIpc) is 2.93. The Kier molecular flexibility index (Phi) is 24.9. The van der Waals surface area contributed by atoms with Crippen molar-refractivity contribution in [3.8, 4) is 0 Å². The molecule has 12 nitrogen and oxygen atoms in total. The van der Waals surface area contributed by atoms with E-state index in [2.05, 4.69) is 54.0 Å². The van der Waals surface area contributed by atoms with Crippen molar-refractivity contribution >= 4 is 29.6 Å². The minimum absolute atomic E-state index is 0.0384. The van der Waals surface area contributed by atoms with Gasteiger partial charge in [0, 0.05) is 65.0 Å². The lowest BCUT2D eigenvalue weighted by atomic mass is 10.1. The minimum Gasteiger partial charge on any atom is -0.370 e. The van der Waals surface area contributed by atoms with Crippen LogP contribution in [0.15, 0.2) is 4.99 Å². The first-order valence-corrected chi connectivity index (χ1v) is 16.3. The van der Waals surface area contributed by atoms with Gasteiger partial charge in [-0.1, -0.05) is 40.5 Å². The highest BCUT2D eigenvalue weighted by Gasteiger charge is 2.15. The second kappa shape index (κ2) is 26.7. The molecule has 0 saturated carbocycles. The highest BCUT2D eigenvalue weighted by atomic mass is 16.2. The van der Waals surface area contributed by atoms with Crippen LogP contribution in [-0.2, 0) is 19.2 Å². The third-order valence-electron chi connectivity index (χ3n) is 6.80. The molecule has 250 valence electrons. The first-order chi connectivity index (χ1) is 20.5. The molecule has 0 rings (SSSR count). The fourth-order valence-corrected chi connectivity index (χ4v) is 4.32. The van der Waals surface area contributed by atoms with Crippen LogP contribution in [-0.4, -0.2) is 86.8 Å². The van der Waals surface area contributed by atoms with Crippen molar-refractivity contribution in [3.63, 3.8) is 0 Å². The maximum Gasteiger partial charge on any atom is 0.223 e. The molecule has 0 aromatic carbocycles. The van der Waals surface area contributed by atoms with E-state index in [-0.39, 0.29) is 42.4 Å². The molecular weight excluding hydrogens is 548 g/mol. The van der Waals surface area contributed by atoms with E-state index >= 15 is 0 Å². The summed E-state index contributed by atoms with van der Waals surface area (Å²) in [5.74, 6) is 1.09. The van der Waals surface area contributed by atoms with Crippen LogP contribution in [0.3, 0.4) is 0 Å². The molecule has 0 spiro atoms. The molecule has 0 aromatic rings. The molecule has 0 aliphatic heterocycles. The summed E-state index contributed by atoms with van der Waals surface area (Å²) < 4.78 is 0. The van der Waals surface area contributed by atoms with Crippen LogP contribution in [0.4, 0.5) is 0 Å². The fourth-order valence-electron chi connectivity index (χ4n) is 4.32. The van der Waals surface area contributed by atoms with E-state index < -0.39 is 0 Å². The van der Waals surface area contributed by atoms with Crippen LogP contribution >= 0.6 is 0 Å². The highest BCUT2D eigenvalue weighted by molar-refractivity contribution is 5.83. The molecule has 0 aliphatic carbocycles. The zero-order valence-electron chi connectivity index (χ0n) is 27.5. The zero-order chi connectivity index (χ0) is 32.3. The van der Waals surface area contributed by atoms with Gasteiger partial charge in [0.2, 0.25) is 23.6 Å². The molecule has 12 heteroatoms. The summed E-state index contributed by atoms with van der Waals surface area (Å²) in [6.45, 7) is 13.2. The number of hydrogen-bond donors (Lipinski definition) is 6. The molecular formula is C31H62N8O4. The van der Waals surface area contributed by atoms with Gasteiger partial charge in [0.25, 0.3) is 0 Å². The molecule has 4 amide bonds. The lowest BCUT2D eigenvalue weighted by Crippen LogP contribution is -2.37. The van der Waals surface area contributed by atoms with Crippen LogP contribution in [0.5, 0.6) is 0 Å². The van der Waals surface area contributed by atoms with Crippen LogP contribution in [0.25, 0.3) is 0 Å². The molecule has 0 saturated heterocycles. The third-order valence-corrected chi connectivity index (χ3v) is 6.80. The first-order valence-electron chi connectivity index (χ1n) is 16.3. The maximum absolute atomic E-state index is 13.0. The number of carbonyl (C=O) groups excluding carboxylic acids is 4. The van der Waals surface area contributed by atoms with Crippen LogP contribution in [0.1, 0.15) is 105 Å². The Morgan fingerprint density at radius 3 is 1.56 bits per heavy atom. The molecule has 0 unspecified atom stereocenters. The summed E-state index contributed by atoms with van der Waals surface area (Å²) in [7, 11) is 0. The fraction of sp³-hybridized carbons (Fsp3) is 0.839. The number of aliphatic imine (C=N–C) groups is 1. The molecule has 8 N–H and O–H groups in total. The predicted octanol–water partition coefficient (Wildman–Crippen LogP) is 2.02. The van der Waals surface area contributed by atoms with Crippen LogP contribution in [0.2, 0.25) is 0 Å². The second-order valence-electron chi connectivity index (χ2n) is 12.0. The summed E-state index contributed by atoms with van der Waals surface area (Å²) in [5.41, 5.74) is 10.6. The van der Waals surface area contributed by atoms with E-state index in [1.807, 2.05) is 0 Å². The number of rotatable bonds is 27. The Labute approximate surface area is 260 Å². The largest absolute Gasteiger partial charge is 0.370 e. The van der Waals surface area contributed by atoms with Gasteiger partial charge < -0.3 is 37.6 Å². The molecule has 0 bridgehead atoms. The number of nitrogens with zero attached hydrogens (tertiary/aromatic N) is 2. The van der Waals surface area contributed by atoms with E-state index in [1.54, 1.807) is 4.90 Å². The molecule has 0 aromatic heterocycles. The zero-order valence-corrected chi connectivity index (χ0v) is 27.5. The lowest BCUT2D eigenvalue weighted by molar-refractivity contribution is -0.133. The van der Waals surface area contributed by atoms with Gasteiger partial charge in [-0.15, -0.1) is 0 Å². The standard InChI is InChI=1S/C31H62N8O4/c1-25(2)11-5-13-27(40)36-21-9-23-39(24-10-22-37-28(41)14-6-12-26(3)4)30(43)16-15-29(42)35-19-7-17-34-18-8-20-38-31(32)33/h25-26,34H,5-24H2,1-4H3,(H,35,42)(H,36,40)(H,37,41)(H4,32,33,38). The quantitative estimate of drug-likeness (QED) is 0.0467. The summed E-state index contributed by atoms with van der Waals surface area (Å²) >= 11 is 0. The number of nitrogens with one attached hydrogen (secondary N) is 4. The van der Waals surface area contributed by atoms with E-state index in [9.17, 15) is 19.2 Å². The van der Waals surface area contributed by atoms with Gasteiger partial charge in [0.05, 0.1) is 0 Å². The number of nitrogens with two attached hydrogens (primary N) is 2. The van der Waals surface area contributed by atoms with Gasteiger partial charge in [-0.3, -0.25) is 24.2 Å². The number of amides is 4. The highest BCUT2D eigenvalue weighted by Crippen LogP contribution is 2.07. The van der Waals surface area contributed by atoms with E-state index in [1.165, 1.54) is 0 Å². The van der Waals surface area contributed by atoms with Crippen molar-refractivity contribution in [3.05, 3.63) is 0 Å². The molecule has 0 fully saturated rings. The Morgan fingerprint density at radius 2 is 1.07 bits per heavy atom. The topological polar surface area (TPSA) is 184 Å². The van der Waals surface area contributed by atoms with E-state index in [4.69, 9.17) is 11.5 Å². The van der Waals surface area contributed by atoms with Crippen molar-refractivity contribution in [1.29, 1.82) is 0 Å². The maximum atomic E-state index is 13.0. The predicted molar refractivity (Wildman–Crippen MR) is 174 cm³/mol. The smallest absolute Gasteiger partial charge is 0.223 e. The van der Waals surface area contributed by atoms with E-state index in [0.717, 1.165) is 51.6 Å². The average molecular weight is 611 g/mol. The number of guanidine groups is 1. The Morgan fingerprint density at radius 1 is 0.605 bits per heavy atom. The van der Waals surface area contributed by atoms with Crippen molar-refractivity contribution in [2.45, 2.75) is 105 Å². The third kappa shape index (κ3) is 27.7. The van der Waals surface area contributed by atoms with Gasteiger partial charge in [-0.2, -0.15) is 0 Å². The lowest BCUT2D eigenvalue weighted by Gasteiger charge is -2.23. The summed E-state index contributed by atoms with van der Waals surface area (Å²) in [6, 6.07) is 0. The van der Waals surface area contributed by atoms with Gasteiger partial charge >= 0.3 is 0 Å². The minimum atomic E-state index is -0.150. The van der Waals surface area contributed by atoms with Crippen LogP contribution in [0, 0.1) is 11.8 Å². The van der Waals surface area contributed by atoms with Crippen molar-refractivity contribution in [1.82, 2.24) is 26.2 Å². The molecule has 0 aliphatic rings. The number of hydrogen-bond acceptors (Lipinski definition) is 6. The van der Waals surface area contributed by atoms with E-state index in [0.29, 0.717) is 76.8 Å². The second-order valence-corrected chi connectivity index (χ2v) is 12.0. The number of carbonyl (C=O) groups is 4. The summed E-state index contributed by atoms with van der Waals surface area (Å²) in [6.07, 6.45) is 7.95. The summed E-state index contributed by atoms with van der Waals surface area (Å²) in [4.78, 5) is 55.1. The van der Waals surface area contributed by atoms with Gasteiger partial charge in [-0.25, -0.2) is 0 Å². The Balaban J connectivity index is 4.45. The first kappa shape index (κ1) is 40.1. The van der Waals surface area contributed by atoms with Crippen molar-refractivity contribution in [2.24, 2.45) is 28.3 Å². The molecule has 0 atom stereocenters. The van der Waals surface area contributed by atoms with Gasteiger partial charge in [-0.05, 0) is 63.5 Å². The van der Waals surface area contributed by atoms with Crippen molar-refractivity contribution in [2.75, 3.05) is 52.4 Å².